The third kappa shape index (κ3) is 1.64. The van der Waals surface area contributed by atoms with Gasteiger partial charge in [0, 0.05) is 4.88 Å². The van der Waals surface area contributed by atoms with Gasteiger partial charge in [0.25, 0.3) is 0 Å². The maximum absolute atomic E-state index is 8.79. The maximum Gasteiger partial charge on any atom is 0.155 e. The van der Waals surface area contributed by atoms with Crippen molar-refractivity contribution in [2.75, 3.05) is 0 Å². The molecule has 3 heteroatoms. The van der Waals surface area contributed by atoms with E-state index in [2.05, 4.69) is 31.8 Å². The van der Waals surface area contributed by atoms with Crippen molar-refractivity contribution >= 4 is 11.3 Å². The largest absolute Gasteiger partial charge is 0.231 e. The molecule has 64 valence electrons. The Morgan fingerprint density at radius 2 is 2.00 bits per heavy atom. The molecular formula is C9H12N2S. The van der Waals surface area contributed by atoms with E-state index in [1.165, 1.54) is 0 Å². The highest BCUT2D eigenvalue weighted by Crippen LogP contribution is 2.30. The van der Waals surface area contributed by atoms with Gasteiger partial charge in [0.15, 0.2) is 5.69 Å². The molecular weight excluding hydrogens is 168 g/mol. The second kappa shape index (κ2) is 2.87. The predicted octanol–water partition coefficient (Wildman–Crippen LogP) is 2.62. The molecule has 0 saturated carbocycles. The Kier molecular flexibility index (Phi) is 2.20. The molecule has 1 aromatic heterocycles. The summed E-state index contributed by atoms with van der Waals surface area (Å²) in [5.41, 5.74) is 0.627. The van der Waals surface area contributed by atoms with Gasteiger partial charge in [-0.3, -0.25) is 0 Å². The van der Waals surface area contributed by atoms with Crippen molar-refractivity contribution in [3.63, 3.8) is 0 Å². The van der Waals surface area contributed by atoms with Crippen LogP contribution in [0.3, 0.4) is 0 Å². The molecule has 0 atom stereocenters. The SMILES string of the molecule is Cc1nc(C#N)c(C(C)(C)C)s1. The van der Waals surface area contributed by atoms with Crippen LogP contribution in [0.15, 0.2) is 0 Å². The first-order valence-corrected chi connectivity index (χ1v) is 4.65. The molecule has 0 aliphatic carbocycles. The average Bonchev–Trinajstić information content (AvgIpc) is 2.29. The van der Waals surface area contributed by atoms with E-state index in [9.17, 15) is 0 Å². The molecule has 1 heterocycles. The van der Waals surface area contributed by atoms with Crippen LogP contribution in [0.1, 0.15) is 36.3 Å². The topological polar surface area (TPSA) is 36.7 Å². The molecule has 1 rings (SSSR count). The van der Waals surface area contributed by atoms with E-state index in [-0.39, 0.29) is 5.41 Å². The monoisotopic (exact) mass is 180 g/mol. The van der Waals surface area contributed by atoms with Gasteiger partial charge in [0.2, 0.25) is 0 Å². The minimum absolute atomic E-state index is 0.0387. The Morgan fingerprint density at radius 3 is 2.33 bits per heavy atom. The van der Waals surface area contributed by atoms with E-state index in [4.69, 9.17) is 5.26 Å². The summed E-state index contributed by atoms with van der Waals surface area (Å²) in [5.74, 6) is 0. The average molecular weight is 180 g/mol. The molecule has 0 spiro atoms. The quantitative estimate of drug-likeness (QED) is 0.615. The lowest BCUT2D eigenvalue weighted by Gasteiger charge is -2.15. The van der Waals surface area contributed by atoms with Crippen LogP contribution in [0.2, 0.25) is 0 Å². The van der Waals surface area contributed by atoms with E-state index in [1.807, 2.05) is 6.92 Å². The number of rotatable bonds is 0. The Hall–Kier alpha value is -0.880. The summed E-state index contributed by atoms with van der Waals surface area (Å²) in [6, 6.07) is 2.12. The fourth-order valence-electron chi connectivity index (χ4n) is 1.01. The molecule has 0 aromatic carbocycles. The summed E-state index contributed by atoms with van der Waals surface area (Å²) in [5, 5.41) is 9.76. The van der Waals surface area contributed by atoms with Crippen molar-refractivity contribution in [2.24, 2.45) is 0 Å². The smallest absolute Gasteiger partial charge is 0.155 e. The summed E-state index contributed by atoms with van der Waals surface area (Å²) in [7, 11) is 0. The minimum atomic E-state index is 0.0387. The van der Waals surface area contributed by atoms with Crippen LogP contribution >= 0.6 is 11.3 Å². The molecule has 0 unspecified atom stereocenters. The third-order valence-corrected chi connectivity index (χ3v) is 2.92. The highest BCUT2D eigenvalue weighted by atomic mass is 32.1. The lowest BCUT2D eigenvalue weighted by molar-refractivity contribution is 0.600. The van der Waals surface area contributed by atoms with Crippen LogP contribution in [0.5, 0.6) is 0 Å². The summed E-state index contributed by atoms with van der Waals surface area (Å²) in [6.45, 7) is 8.23. The van der Waals surface area contributed by atoms with E-state index >= 15 is 0 Å². The Balaban J connectivity index is 3.25. The lowest BCUT2D eigenvalue weighted by Crippen LogP contribution is -2.10. The number of nitriles is 1. The van der Waals surface area contributed by atoms with Gasteiger partial charge >= 0.3 is 0 Å². The molecule has 0 fully saturated rings. The Labute approximate surface area is 76.9 Å². The number of aromatic nitrogens is 1. The van der Waals surface area contributed by atoms with Crippen molar-refractivity contribution in [1.82, 2.24) is 4.98 Å². The van der Waals surface area contributed by atoms with Gasteiger partial charge < -0.3 is 0 Å². The van der Waals surface area contributed by atoms with Gasteiger partial charge in [-0.2, -0.15) is 5.26 Å². The van der Waals surface area contributed by atoms with Crippen LogP contribution in [0.4, 0.5) is 0 Å². The molecule has 12 heavy (non-hydrogen) atoms. The molecule has 0 bridgehead atoms. The van der Waals surface area contributed by atoms with Gasteiger partial charge in [-0.25, -0.2) is 4.98 Å². The Morgan fingerprint density at radius 1 is 1.42 bits per heavy atom. The van der Waals surface area contributed by atoms with Gasteiger partial charge in [0.1, 0.15) is 6.07 Å². The van der Waals surface area contributed by atoms with Crippen LogP contribution in [0, 0.1) is 18.3 Å². The molecule has 0 saturated heterocycles. The highest BCUT2D eigenvalue weighted by molar-refractivity contribution is 7.11. The first-order chi connectivity index (χ1) is 5.45. The van der Waals surface area contributed by atoms with Crippen LogP contribution in [-0.2, 0) is 5.41 Å². The molecule has 0 aliphatic heterocycles. The second-order valence-corrected chi connectivity index (χ2v) is 4.98. The van der Waals surface area contributed by atoms with Crippen molar-refractivity contribution in [2.45, 2.75) is 33.1 Å². The van der Waals surface area contributed by atoms with Gasteiger partial charge in [-0.15, -0.1) is 11.3 Å². The minimum Gasteiger partial charge on any atom is -0.231 e. The highest BCUT2D eigenvalue weighted by Gasteiger charge is 2.21. The molecule has 2 nitrogen and oxygen atoms in total. The molecule has 0 amide bonds. The van der Waals surface area contributed by atoms with E-state index < -0.39 is 0 Å². The number of aryl methyl sites for hydroxylation is 1. The third-order valence-electron chi connectivity index (χ3n) is 1.52. The van der Waals surface area contributed by atoms with Crippen LogP contribution in [-0.4, -0.2) is 4.98 Å². The van der Waals surface area contributed by atoms with E-state index in [0.717, 1.165) is 9.88 Å². The zero-order valence-electron chi connectivity index (χ0n) is 7.80. The Bertz CT molecular complexity index is 325. The second-order valence-electron chi connectivity index (χ2n) is 3.77. The van der Waals surface area contributed by atoms with Crippen molar-refractivity contribution in [3.05, 3.63) is 15.6 Å². The number of thiazole rings is 1. The van der Waals surface area contributed by atoms with Crippen molar-refractivity contribution in [3.8, 4) is 6.07 Å². The molecule has 0 radical (unpaired) electrons. The first kappa shape index (κ1) is 9.21. The molecule has 0 aliphatic rings. The number of hydrogen-bond acceptors (Lipinski definition) is 3. The zero-order valence-corrected chi connectivity index (χ0v) is 8.62. The van der Waals surface area contributed by atoms with E-state index in [1.54, 1.807) is 11.3 Å². The number of nitrogens with zero attached hydrogens (tertiary/aromatic N) is 2. The standard InChI is InChI=1S/C9H12N2S/c1-6-11-7(5-10)8(12-6)9(2,3)4/h1-4H3. The van der Waals surface area contributed by atoms with Gasteiger partial charge in [-0.05, 0) is 12.3 Å². The summed E-state index contributed by atoms with van der Waals surface area (Å²) in [6.07, 6.45) is 0. The van der Waals surface area contributed by atoms with Gasteiger partial charge in [-0.1, -0.05) is 20.8 Å². The summed E-state index contributed by atoms with van der Waals surface area (Å²) >= 11 is 1.61. The normalized spacial score (nSPS) is 11.2. The fourth-order valence-corrected chi connectivity index (χ4v) is 1.94. The van der Waals surface area contributed by atoms with Crippen molar-refractivity contribution in [1.29, 1.82) is 5.26 Å². The molecule has 0 N–H and O–H groups in total. The first-order valence-electron chi connectivity index (χ1n) is 3.83. The number of hydrogen-bond donors (Lipinski definition) is 0. The summed E-state index contributed by atoms with van der Waals surface area (Å²) in [4.78, 5) is 5.24. The van der Waals surface area contributed by atoms with Crippen molar-refractivity contribution < 1.29 is 0 Å². The van der Waals surface area contributed by atoms with Gasteiger partial charge in [0.05, 0.1) is 5.01 Å². The van der Waals surface area contributed by atoms with Crippen LogP contribution in [0.25, 0.3) is 0 Å². The fraction of sp³-hybridized carbons (Fsp3) is 0.556. The van der Waals surface area contributed by atoms with E-state index in [0.29, 0.717) is 5.69 Å². The molecule has 1 aromatic rings. The lowest BCUT2D eigenvalue weighted by atomic mass is 9.93. The predicted molar refractivity (Wildman–Crippen MR) is 50.3 cm³/mol. The summed E-state index contributed by atoms with van der Waals surface area (Å²) < 4.78 is 0. The zero-order chi connectivity index (χ0) is 9.35. The maximum atomic E-state index is 8.79. The van der Waals surface area contributed by atoms with Crippen LogP contribution < -0.4 is 0 Å².